The van der Waals surface area contributed by atoms with Crippen LogP contribution in [0.5, 0.6) is 0 Å². The van der Waals surface area contributed by atoms with Crippen LogP contribution in [0.15, 0.2) is 53.4 Å². The molecular weight excluding hydrogens is 352 g/mol. The minimum absolute atomic E-state index is 0.528. The Hall–Kier alpha value is -0.440. The van der Waals surface area contributed by atoms with Gasteiger partial charge in [0.05, 0.1) is 0 Å². The lowest BCUT2D eigenvalue weighted by Crippen LogP contribution is -2.10. The summed E-state index contributed by atoms with van der Waals surface area (Å²) in [5.41, 5.74) is 2.84. The number of thioether (sulfide) groups is 1. The van der Waals surface area contributed by atoms with Crippen molar-refractivity contribution in [2.24, 2.45) is 0 Å². The number of halogens is 2. The zero-order valence-corrected chi connectivity index (χ0v) is 14.2. The van der Waals surface area contributed by atoms with Gasteiger partial charge in [0.25, 0.3) is 0 Å². The highest BCUT2D eigenvalue weighted by atomic mass is 79.9. The van der Waals surface area contributed by atoms with Crippen LogP contribution < -0.4 is 0 Å². The molecule has 0 bridgehead atoms. The van der Waals surface area contributed by atoms with Crippen LogP contribution in [0, 0.1) is 0 Å². The van der Waals surface area contributed by atoms with E-state index in [0.29, 0.717) is 11.2 Å². The van der Waals surface area contributed by atoms with Crippen LogP contribution in [-0.4, -0.2) is 10.6 Å². The molecule has 2 aromatic rings. The largest absolute Gasteiger partial charge is 0.122 e. The van der Waals surface area contributed by atoms with Gasteiger partial charge in [-0.05, 0) is 48.1 Å². The van der Waals surface area contributed by atoms with Gasteiger partial charge in [-0.2, -0.15) is 0 Å². The molecule has 2 atom stereocenters. The molecule has 0 aliphatic carbocycles. The van der Waals surface area contributed by atoms with E-state index in [4.69, 9.17) is 11.6 Å². The zero-order valence-electron chi connectivity index (χ0n) is 11.1. The number of hydrogen-bond donors (Lipinski definition) is 0. The fourth-order valence-electron chi connectivity index (χ4n) is 2.75. The van der Waals surface area contributed by atoms with Gasteiger partial charge in [0, 0.05) is 20.5 Å². The van der Waals surface area contributed by atoms with Gasteiger partial charge in [-0.1, -0.05) is 57.9 Å². The van der Waals surface area contributed by atoms with Crippen molar-refractivity contribution in [1.82, 2.24) is 0 Å². The maximum absolute atomic E-state index is 6.12. The number of alkyl halides is 1. The molecule has 0 N–H and O–H groups in total. The van der Waals surface area contributed by atoms with E-state index in [0.717, 1.165) is 10.4 Å². The smallest absolute Gasteiger partial charge is 0.0408 e. The molecule has 2 aromatic carbocycles. The summed E-state index contributed by atoms with van der Waals surface area (Å²) in [5.74, 6) is 0.528. The van der Waals surface area contributed by atoms with E-state index in [-0.39, 0.29) is 0 Å². The highest BCUT2D eigenvalue weighted by Crippen LogP contribution is 2.41. The van der Waals surface area contributed by atoms with Gasteiger partial charge in [-0.25, -0.2) is 0 Å². The van der Waals surface area contributed by atoms with Crippen molar-refractivity contribution >= 4 is 39.3 Å². The third-order valence-electron chi connectivity index (χ3n) is 3.77. The van der Waals surface area contributed by atoms with E-state index in [1.165, 1.54) is 28.9 Å². The lowest BCUT2D eigenvalue weighted by atomic mass is 9.94. The van der Waals surface area contributed by atoms with E-state index < -0.39 is 0 Å². The Morgan fingerprint density at radius 1 is 1.20 bits per heavy atom. The van der Waals surface area contributed by atoms with Crippen LogP contribution in [0.1, 0.15) is 23.5 Å². The summed E-state index contributed by atoms with van der Waals surface area (Å²) in [6.45, 7) is 0. The summed E-state index contributed by atoms with van der Waals surface area (Å²) in [6.07, 6.45) is 2.37. The Kier molecular flexibility index (Phi) is 4.75. The zero-order chi connectivity index (χ0) is 13.9. The molecule has 3 heteroatoms. The molecule has 0 nitrogen and oxygen atoms in total. The minimum Gasteiger partial charge on any atom is -0.122 e. The summed E-state index contributed by atoms with van der Waals surface area (Å²) >= 11 is 11.8. The summed E-state index contributed by atoms with van der Waals surface area (Å²) in [6, 6.07) is 17.0. The van der Waals surface area contributed by atoms with Crippen molar-refractivity contribution in [3.05, 3.63) is 64.7 Å². The lowest BCUT2D eigenvalue weighted by Gasteiger charge is -2.18. The predicted molar refractivity (Wildman–Crippen MR) is 92.4 cm³/mol. The average Bonchev–Trinajstić information content (AvgIpc) is 2.87. The molecule has 0 radical (unpaired) electrons. The molecule has 3 rings (SSSR count). The van der Waals surface area contributed by atoms with Gasteiger partial charge in [0.1, 0.15) is 0 Å². The summed E-state index contributed by atoms with van der Waals surface area (Å²) < 4.78 is 0. The Morgan fingerprint density at radius 3 is 2.80 bits per heavy atom. The quantitative estimate of drug-likeness (QED) is 0.604. The van der Waals surface area contributed by atoms with Gasteiger partial charge in [0.15, 0.2) is 0 Å². The van der Waals surface area contributed by atoms with Crippen LogP contribution in [0.2, 0.25) is 5.02 Å². The van der Waals surface area contributed by atoms with Crippen LogP contribution in [0.3, 0.4) is 0 Å². The Bertz CT molecular complexity index is 574. The Morgan fingerprint density at radius 2 is 2.05 bits per heavy atom. The predicted octanol–water partition coefficient (Wildman–Crippen LogP) is 5.93. The van der Waals surface area contributed by atoms with E-state index in [1.54, 1.807) is 0 Å². The fraction of sp³-hybridized carbons (Fsp3) is 0.294. The summed E-state index contributed by atoms with van der Waals surface area (Å²) in [7, 11) is 0. The van der Waals surface area contributed by atoms with Gasteiger partial charge in [-0.3, -0.25) is 0 Å². The first kappa shape index (κ1) is 14.5. The highest BCUT2D eigenvalue weighted by Gasteiger charge is 2.25. The standard InChI is InChI=1S/C17H16BrClS/c18-11-14(12-5-3-6-15(19)8-12)10-16-9-13-4-1-2-7-17(13)20-16/h1-8,14,16H,9-11H2. The molecule has 1 aliphatic heterocycles. The van der Waals surface area contributed by atoms with Crippen LogP contribution >= 0.6 is 39.3 Å². The molecular formula is C17H16BrClS. The highest BCUT2D eigenvalue weighted by molar-refractivity contribution is 9.09. The van der Waals surface area contributed by atoms with Gasteiger partial charge in [-0.15, -0.1) is 11.8 Å². The van der Waals surface area contributed by atoms with Crippen molar-refractivity contribution in [2.75, 3.05) is 5.33 Å². The molecule has 0 saturated carbocycles. The maximum Gasteiger partial charge on any atom is 0.0408 e. The van der Waals surface area contributed by atoms with Gasteiger partial charge < -0.3 is 0 Å². The molecule has 0 saturated heterocycles. The van der Waals surface area contributed by atoms with Crippen molar-refractivity contribution in [2.45, 2.75) is 28.9 Å². The average molecular weight is 368 g/mol. The second-order valence-corrected chi connectivity index (χ2v) is 7.62. The normalized spacial score (nSPS) is 18.8. The number of rotatable bonds is 4. The second kappa shape index (κ2) is 6.55. The molecule has 20 heavy (non-hydrogen) atoms. The Labute approximate surface area is 138 Å². The van der Waals surface area contributed by atoms with Crippen LogP contribution in [-0.2, 0) is 6.42 Å². The first-order chi connectivity index (χ1) is 9.76. The third kappa shape index (κ3) is 3.24. The van der Waals surface area contributed by atoms with E-state index in [1.807, 2.05) is 23.9 Å². The molecule has 0 fully saturated rings. The second-order valence-electron chi connectivity index (χ2n) is 5.19. The summed E-state index contributed by atoms with van der Waals surface area (Å²) in [4.78, 5) is 1.46. The van der Waals surface area contributed by atoms with E-state index in [9.17, 15) is 0 Å². The first-order valence-electron chi connectivity index (χ1n) is 6.82. The molecule has 0 spiro atoms. The summed E-state index contributed by atoms with van der Waals surface area (Å²) in [5, 5.41) is 2.49. The number of hydrogen-bond acceptors (Lipinski definition) is 1. The van der Waals surface area contributed by atoms with Crippen LogP contribution in [0.4, 0.5) is 0 Å². The lowest BCUT2D eigenvalue weighted by molar-refractivity contribution is 0.663. The maximum atomic E-state index is 6.12. The fourth-order valence-corrected chi connectivity index (χ4v) is 5.00. The van der Waals surface area contributed by atoms with Crippen molar-refractivity contribution in [1.29, 1.82) is 0 Å². The number of fused-ring (bicyclic) bond motifs is 1. The monoisotopic (exact) mass is 366 g/mol. The topological polar surface area (TPSA) is 0 Å². The third-order valence-corrected chi connectivity index (χ3v) is 6.13. The van der Waals surface area contributed by atoms with E-state index in [2.05, 4.69) is 52.3 Å². The Balaban J connectivity index is 1.71. The molecule has 1 aliphatic rings. The van der Waals surface area contributed by atoms with Crippen molar-refractivity contribution < 1.29 is 0 Å². The van der Waals surface area contributed by atoms with Crippen molar-refractivity contribution in [3.63, 3.8) is 0 Å². The number of benzene rings is 2. The molecule has 1 heterocycles. The molecule has 0 amide bonds. The minimum atomic E-state index is 0.528. The molecule has 2 unspecified atom stereocenters. The SMILES string of the molecule is Clc1cccc(C(CBr)CC2Cc3ccccc3S2)c1. The molecule has 104 valence electrons. The molecule has 0 aromatic heterocycles. The van der Waals surface area contributed by atoms with Gasteiger partial charge >= 0.3 is 0 Å². The van der Waals surface area contributed by atoms with Crippen molar-refractivity contribution in [3.8, 4) is 0 Å². The van der Waals surface area contributed by atoms with Crippen LogP contribution in [0.25, 0.3) is 0 Å². The van der Waals surface area contributed by atoms with E-state index >= 15 is 0 Å². The first-order valence-corrected chi connectivity index (χ1v) is 9.20. The van der Waals surface area contributed by atoms with Gasteiger partial charge in [0.2, 0.25) is 0 Å².